The second-order valence-electron chi connectivity index (χ2n) is 12.0. The molecule has 0 spiro atoms. The van der Waals surface area contributed by atoms with Crippen molar-refractivity contribution in [2.75, 3.05) is 38.1 Å². The molecule has 13 nitrogen and oxygen atoms in total. The third-order valence-corrected chi connectivity index (χ3v) is 13.0. The van der Waals surface area contributed by atoms with Crippen molar-refractivity contribution >= 4 is 43.0 Å². The number of nitrogens with zero attached hydrogens (tertiary/aromatic N) is 3. The Balaban J connectivity index is 1.69. The molecule has 0 fully saturated rings. The quantitative estimate of drug-likeness (QED) is 0.327. The molecule has 260 valence electrons. The molecular weight excluding hydrogens is 669 g/mol. The van der Waals surface area contributed by atoms with E-state index in [2.05, 4.69) is 9.88 Å². The molecule has 4 rings (SSSR count). The van der Waals surface area contributed by atoms with Crippen molar-refractivity contribution in [2.24, 2.45) is 5.92 Å². The van der Waals surface area contributed by atoms with E-state index < -0.39 is 38.1 Å². The van der Waals surface area contributed by atoms with Crippen molar-refractivity contribution in [3.05, 3.63) is 52.7 Å². The molecule has 47 heavy (non-hydrogen) atoms. The maximum absolute atomic E-state index is 14.3. The Morgan fingerprint density at radius 3 is 2.55 bits per heavy atom. The first kappa shape index (κ1) is 36.8. The second-order valence-corrected chi connectivity index (χ2v) is 16.8. The van der Waals surface area contributed by atoms with Crippen LogP contribution in [0.1, 0.15) is 61.8 Å². The lowest BCUT2D eigenvalue weighted by molar-refractivity contribution is -0.00832. The zero-order chi connectivity index (χ0) is 34.5. The molecule has 0 saturated heterocycles. The van der Waals surface area contributed by atoms with Gasteiger partial charge in [0.15, 0.2) is 10.7 Å². The fourth-order valence-corrected chi connectivity index (χ4v) is 9.19. The molecule has 0 saturated carbocycles. The van der Waals surface area contributed by atoms with Gasteiger partial charge >= 0.3 is 0 Å². The summed E-state index contributed by atoms with van der Waals surface area (Å²) in [6.07, 6.45) is 1.28. The summed E-state index contributed by atoms with van der Waals surface area (Å²) in [5.74, 6) is -0.447. The van der Waals surface area contributed by atoms with Gasteiger partial charge in [-0.2, -0.15) is 4.31 Å². The van der Waals surface area contributed by atoms with Gasteiger partial charge in [-0.3, -0.25) is 9.52 Å². The molecule has 16 heteroatoms. The van der Waals surface area contributed by atoms with Crippen LogP contribution in [-0.4, -0.2) is 93.8 Å². The van der Waals surface area contributed by atoms with E-state index in [4.69, 9.17) is 14.0 Å². The van der Waals surface area contributed by atoms with E-state index in [9.17, 15) is 26.7 Å². The van der Waals surface area contributed by atoms with Gasteiger partial charge in [0.1, 0.15) is 15.7 Å². The molecule has 0 aliphatic carbocycles. The highest BCUT2D eigenvalue weighted by Crippen LogP contribution is 2.31. The molecule has 0 bridgehead atoms. The van der Waals surface area contributed by atoms with Crippen LogP contribution in [0, 0.1) is 19.8 Å². The highest BCUT2D eigenvalue weighted by Gasteiger charge is 2.33. The van der Waals surface area contributed by atoms with E-state index in [1.807, 2.05) is 13.8 Å². The molecule has 1 aliphatic rings. The summed E-state index contributed by atoms with van der Waals surface area (Å²) in [6.45, 7) is 8.70. The Bertz CT molecular complexity index is 1710. The number of fused-ring (bicyclic) bond motifs is 1. The Hall–Kier alpha value is -3.02. The summed E-state index contributed by atoms with van der Waals surface area (Å²) >= 11 is 1.14. The number of aryl methyl sites for hydroxylation is 2. The van der Waals surface area contributed by atoms with Gasteiger partial charge in [0.05, 0.1) is 30.4 Å². The maximum atomic E-state index is 14.3. The zero-order valence-corrected chi connectivity index (χ0v) is 30.0. The molecule has 0 unspecified atom stereocenters. The Labute approximate surface area is 280 Å². The zero-order valence-electron chi connectivity index (χ0n) is 27.5. The number of aromatic nitrogens is 1. The third kappa shape index (κ3) is 8.72. The number of hydrogen-bond acceptors (Lipinski definition) is 11. The number of thiophene rings is 1. The summed E-state index contributed by atoms with van der Waals surface area (Å²) < 4.78 is 74.6. The predicted octanol–water partition coefficient (Wildman–Crippen LogP) is 4.27. The molecule has 1 aliphatic heterocycles. The van der Waals surface area contributed by atoms with E-state index in [0.29, 0.717) is 19.4 Å². The number of anilines is 1. The number of aliphatic hydroxyl groups is 1. The van der Waals surface area contributed by atoms with Crippen LogP contribution in [0.25, 0.3) is 0 Å². The topological polar surface area (TPSA) is 169 Å². The van der Waals surface area contributed by atoms with Crippen LogP contribution in [0.5, 0.6) is 5.75 Å². The number of likely N-dealkylation sites (N-methyl/N-ethyl adjacent to an activating group) is 1. The molecular formula is C31H44N4O9S3. The van der Waals surface area contributed by atoms with Gasteiger partial charge < -0.3 is 24.0 Å². The number of aliphatic hydroxyl groups excluding tert-OH is 1. The predicted molar refractivity (Wildman–Crippen MR) is 178 cm³/mol. The number of rotatable bonds is 9. The van der Waals surface area contributed by atoms with Crippen molar-refractivity contribution in [1.29, 1.82) is 0 Å². The molecule has 3 aromatic rings. The molecule has 1 amide bonds. The van der Waals surface area contributed by atoms with Gasteiger partial charge in [-0.1, -0.05) is 18.1 Å². The van der Waals surface area contributed by atoms with Crippen LogP contribution in [0.4, 0.5) is 5.69 Å². The summed E-state index contributed by atoms with van der Waals surface area (Å²) in [7, 11) is -6.34. The molecule has 3 heterocycles. The van der Waals surface area contributed by atoms with Crippen molar-refractivity contribution in [3.63, 3.8) is 0 Å². The Morgan fingerprint density at radius 1 is 1.17 bits per heavy atom. The SMILES string of the molecule is Cc1noc(C)c1S(=O)(=O)Nc1ccc2c(c1)C(=O)N([C@@H](C)CO)C[C@H](C)[C@H](CN(C)S(=O)(=O)c1cccs1)OCCCC[C@@H](C)O2. The van der Waals surface area contributed by atoms with Crippen LogP contribution >= 0.6 is 11.3 Å². The standard InChI is InChI=1S/C31H44N4O9S3/c1-20-17-35(21(2)19-36)31(37)26-16-25(33-46(38,39)30-23(4)32-44-24(30)5)12-13-27(26)43-22(3)10-7-8-14-42-28(20)18-34(6)47(40,41)29-11-9-15-45-29/h9,11-13,15-16,20-22,28,33,36H,7-8,10,14,17-19H2,1-6H3/t20-,21-,22+,28-/m0/s1. The molecule has 4 atom stereocenters. The van der Waals surface area contributed by atoms with Gasteiger partial charge in [0.2, 0.25) is 0 Å². The van der Waals surface area contributed by atoms with E-state index in [0.717, 1.165) is 17.8 Å². The first-order valence-electron chi connectivity index (χ1n) is 15.4. The molecule has 2 N–H and O–H groups in total. The number of sulfonamides is 2. The lowest BCUT2D eigenvalue weighted by atomic mass is 10.0. The van der Waals surface area contributed by atoms with Crippen LogP contribution < -0.4 is 9.46 Å². The number of amides is 1. The minimum absolute atomic E-state index is 0.0562. The van der Waals surface area contributed by atoms with Crippen molar-refractivity contribution < 1.29 is 40.7 Å². The minimum atomic E-state index is -4.11. The number of ether oxygens (including phenoxy) is 2. The summed E-state index contributed by atoms with van der Waals surface area (Å²) in [5, 5.41) is 15.6. The highest BCUT2D eigenvalue weighted by molar-refractivity contribution is 7.92. The highest BCUT2D eigenvalue weighted by atomic mass is 32.2. The van der Waals surface area contributed by atoms with Gasteiger partial charge in [-0.05, 0) is 76.6 Å². The fourth-order valence-electron chi connectivity index (χ4n) is 5.43. The summed E-state index contributed by atoms with van der Waals surface area (Å²) in [6, 6.07) is 7.10. The Morgan fingerprint density at radius 2 is 1.91 bits per heavy atom. The molecule has 0 radical (unpaired) electrons. The molecule has 2 aromatic heterocycles. The smallest absolute Gasteiger partial charge is 0.267 e. The number of benzene rings is 1. The summed E-state index contributed by atoms with van der Waals surface area (Å²) in [4.78, 5) is 15.7. The fraction of sp³-hybridized carbons (Fsp3) is 0.548. The summed E-state index contributed by atoms with van der Waals surface area (Å²) in [5.41, 5.74) is 0.431. The Kier molecular flexibility index (Phi) is 12.1. The second kappa shape index (κ2) is 15.5. The van der Waals surface area contributed by atoms with Crippen LogP contribution in [0.3, 0.4) is 0 Å². The maximum Gasteiger partial charge on any atom is 0.267 e. The van der Waals surface area contributed by atoms with Gasteiger partial charge in [0.25, 0.3) is 26.0 Å². The van der Waals surface area contributed by atoms with Gasteiger partial charge in [-0.15, -0.1) is 11.3 Å². The first-order valence-corrected chi connectivity index (χ1v) is 19.3. The van der Waals surface area contributed by atoms with E-state index in [-0.39, 0.29) is 69.3 Å². The third-order valence-electron chi connectivity index (χ3n) is 8.14. The average Bonchev–Trinajstić information content (AvgIpc) is 3.69. The number of carbonyl (C=O) groups is 1. The van der Waals surface area contributed by atoms with Gasteiger partial charge in [-0.25, -0.2) is 16.8 Å². The van der Waals surface area contributed by atoms with Crippen LogP contribution in [0.2, 0.25) is 0 Å². The monoisotopic (exact) mass is 712 g/mol. The largest absolute Gasteiger partial charge is 0.490 e. The van der Waals surface area contributed by atoms with Crippen molar-refractivity contribution in [2.45, 2.75) is 81.2 Å². The average molecular weight is 713 g/mol. The normalized spacial score (nSPS) is 21.1. The minimum Gasteiger partial charge on any atom is -0.490 e. The lowest BCUT2D eigenvalue weighted by Crippen LogP contribution is -2.48. The number of nitrogens with one attached hydrogen (secondary N) is 1. The van der Waals surface area contributed by atoms with Crippen LogP contribution in [-0.2, 0) is 24.8 Å². The number of hydrogen-bond donors (Lipinski definition) is 2. The van der Waals surface area contributed by atoms with Gasteiger partial charge in [0, 0.05) is 38.3 Å². The van der Waals surface area contributed by atoms with E-state index in [1.54, 1.807) is 30.5 Å². The van der Waals surface area contributed by atoms with Crippen molar-refractivity contribution in [3.8, 4) is 5.75 Å². The first-order chi connectivity index (χ1) is 22.1. The van der Waals surface area contributed by atoms with Crippen LogP contribution in [0.15, 0.2) is 49.3 Å². The van der Waals surface area contributed by atoms with Crippen molar-refractivity contribution in [1.82, 2.24) is 14.4 Å². The molecule has 1 aromatic carbocycles. The van der Waals surface area contributed by atoms with E-state index >= 15 is 0 Å². The number of carbonyl (C=O) groups excluding carboxylic acids is 1. The van der Waals surface area contributed by atoms with E-state index in [1.165, 1.54) is 42.2 Å². The lowest BCUT2D eigenvalue weighted by Gasteiger charge is -2.35.